The molecule has 0 saturated carbocycles. The maximum absolute atomic E-state index is 12.1. The van der Waals surface area contributed by atoms with Gasteiger partial charge in [-0.25, -0.2) is 4.79 Å². The molecule has 1 heterocycles. The lowest BCUT2D eigenvalue weighted by Crippen LogP contribution is -2.48. The van der Waals surface area contributed by atoms with Gasteiger partial charge in [-0.05, 0) is 32.6 Å². The number of hydrogen-bond acceptors (Lipinski definition) is 6. The lowest BCUT2D eigenvalue weighted by atomic mass is 9.94. The molecule has 0 aliphatic heterocycles. The van der Waals surface area contributed by atoms with Crippen molar-refractivity contribution in [2.75, 3.05) is 7.05 Å². The summed E-state index contributed by atoms with van der Waals surface area (Å²) in [5.74, 6) is -0.444. The van der Waals surface area contributed by atoms with Crippen molar-refractivity contribution in [1.82, 2.24) is 15.1 Å². The van der Waals surface area contributed by atoms with E-state index in [0.717, 1.165) is 11.1 Å². The molecule has 0 saturated heterocycles. The topological polar surface area (TPSA) is 118 Å². The van der Waals surface area contributed by atoms with Crippen molar-refractivity contribution < 1.29 is 19.2 Å². The van der Waals surface area contributed by atoms with Gasteiger partial charge in [0, 0.05) is 7.05 Å². The molecular weight excluding hydrogens is 280 g/mol. The summed E-state index contributed by atoms with van der Waals surface area (Å²) in [6, 6.07) is 0. The van der Waals surface area contributed by atoms with E-state index in [-0.39, 0.29) is 5.56 Å². The van der Waals surface area contributed by atoms with Crippen molar-refractivity contribution in [3.63, 3.8) is 0 Å². The van der Waals surface area contributed by atoms with Crippen LogP contribution in [0.3, 0.4) is 0 Å². The van der Waals surface area contributed by atoms with Crippen molar-refractivity contribution in [1.29, 1.82) is 0 Å². The van der Waals surface area contributed by atoms with Gasteiger partial charge in [0.25, 0.3) is 0 Å². The van der Waals surface area contributed by atoms with Gasteiger partial charge in [0.1, 0.15) is 23.0 Å². The Morgan fingerprint density at radius 2 is 2.05 bits per heavy atom. The van der Waals surface area contributed by atoms with E-state index < -0.39 is 28.0 Å². The Balaban J connectivity index is 3.20. The first-order valence-electron chi connectivity index (χ1n) is 6.14. The number of hydrogen-bond donors (Lipinski definition) is 1. The second kappa shape index (κ2) is 5.51. The molecule has 0 radical (unpaired) electrons. The first kappa shape index (κ1) is 16.6. The minimum absolute atomic E-state index is 0.0177. The molecule has 1 aromatic heterocycles. The van der Waals surface area contributed by atoms with Crippen LogP contribution in [-0.2, 0) is 15.1 Å². The van der Waals surface area contributed by atoms with Crippen LogP contribution < -0.4 is 0 Å². The van der Waals surface area contributed by atoms with Crippen molar-refractivity contribution in [2.45, 2.75) is 38.8 Å². The van der Waals surface area contributed by atoms with Crippen LogP contribution >= 0.6 is 0 Å². The zero-order valence-electron chi connectivity index (χ0n) is 12.5. The fourth-order valence-corrected chi connectivity index (χ4v) is 1.63. The zero-order chi connectivity index (χ0) is 16.4. The molecule has 116 valence electrons. The number of ether oxygens (including phenoxy) is 1. The number of carbonyl (C=O) groups is 2. The van der Waals surface area contributed by atoms with E-state index in [4.69, 9.17) is 4.74 Å². The van der Waals surface area contributed by atoms with Crippen LogP contribution in [0.1, 0.15) is 33.3 Å². The van der Waals surface area contributed by atoms with E-state index in [2.05, 4.69) is 10.2 Å². The molecule has 1 atom stereocenters. The number of amides is 1. The summed E-state index contributed by atoms with van der Waals surface area (Å²) < 4.78 is 5.17. The summed E-state index contributed by atoms with van der Waals surface area (Å²) >= 11 is 0. The number of carbonyl (C=O) groups excluding carboxylic acids is 2. The molecule has 0 aliphatic rings. The largest absolute Gasteiger partial charge is 0.444 e. The van der Waals surface area contributed by atoms with Gasteiger partial charge in [-0.2, -0.15) is 0 Å². The lowest BCUT2D eigenvalue weighted by molar-refractivity contribution is -0.390. The third-order valence-corrected chi connectivity index (χ3v) is 2.94. The lowest BCUT2D eigenvalue weighted by Gasteiger charge is -2.34. The first-order valence-corrected chi connectivity index (χ1v) is 6.14. The quantitative estimate of drug-likeness (QED) is 0.512. The second-order valence-corrected chi connectivity index (χ2v) is 5.69. The Morgan fingerprint density at radius 1 is 1.48 bits per heavy atom. The van der Waals surface area contributed by atoms with E-state index in [1.165, 1.54) is 14.0 Å². The van der Waals surface area contributed by atoms with Crippen LogP contribution in [0, 0.1) is 10.1 Å². The number of aldehydes is 1. The highest BCUT2D eigenvalue weighted by molar-refractivity contribution is 5.78. The fourth-order valence-electron chi connectivity index (χ4n) is 1.63. The van der Waals surface area contributed by atoms with E-state index >= 15 is 0 Å². The zero-order valence-corrected chi connectivity index (χ0v) is 12.5. The molecule has 21 heavy (non-hydrogen) atoms. The molecule has 1 unspecified atom stereocenters. The smallest absolute Gasteiger partial charge is 0.411 e. The van der Waals surface area contributed by atoms with Gasteiger partial charge >= 0.3 is 11.9 Å². The van der Waals surface area contributed by atoms with Crippen molar-refractivity contribution >= 4 is 18.2 Å². The third kappa shape index (κ3) is 3.36. The normalized spacial score (nSPS) is 14.1. The van der Waals surface area contributed by atoms with Gasteiger partial charge in [0.15, 0.2) is 0 Å². The Hall–Kier alpha value is -2.45. The average Bonchev–Trinajstić information content (AvgIpc) is 2.84. The Morgan fingerprint density at radius 3 is 2.48 bits per heavy atom. The molecular formula is C12H18N4O5. The number of likely N-dealkylation sites (N-methyl/N-ethyl adjacent to an activating group) is 1. The van der Waals surface area contributed by atoms with Crippen LogP contribution in [0.4, 0.5) is 10.6 Å². The third-order valence-electron chi connectivity index (χ3n) is 2.94. The number of H-pyrrole nitrogens is 1. The number of nitro groups is 1. The minimum atomic E-state index is -1.57. The van der Waals surface area contributed by atoms with Crippen LogP contribution in [0.15, 0.2) is 6.20 Å². The highest BCUT2D eigenvalue weighted by Crippen LogP contribution is 2.31. The Bertz CT molecular complexity index is 562. The van der Waals surface area contributed by atoms with Crippen molar-refractivity contribution in [3.05, 3.63) is 21.9 Å². The highest BCUT2D eigenvalue weighted by Gasteiger charge is 2.42. The van der Waals surface area contributed by atoms with Gasteiger partial charge in [0.05, 0.1) is 6.20 Å². The molecule has 0 aromatic carbocycles. The Labute approximate surface area is 121 Å². The molecule has 9 nitrogen and oxygen atoms in total. The summed E-state index contributed by atoms with van der Waals surface area (Å²) in [4.78, 5) is 34.8. The van der Waals surface area contributed by atoms with Gasteiger partial charge in [0.2, 0.25) is 0 Å². The Kier molecular flexibility index (Phi) is 4.35. The molecule has 1 N–H and O–H groups in total. The van der Waals surface area contributed by atoms with Crippen LogP contribution in [0.25, 0.3) is 0 Å². The van der Waals surface area contributed by atoms with Gasteiger partial charge in [-0.3, -0.25) is 4.90 Å². The number of nitrogens with one attached hydrogen (secondary N) is 1. The second-order valence-electron chi connectivity index (χ2n) is 5.69. The molecule has 0 spiro atoms. The van der Waals surface area contributed by atoms with E-state index in [0.29, 0.717) is 6.29 Å². The average molecular weight is 298 g/mol. The maximum Gasteiger partial charge on any atom is 0.411 e. The van der Waals surface area contributed by atoms with E-state index in [1.807, 2.05) is 0 Å². The standard InChI is InChI=1S/C12H18N4O5/c1-11(2,3)21-10(18)15(5)12(4,7-17)8-6-13-14-9(8)16(19)20/h6-7H,1-5H3,(H,13,14). The van der Waals surface area contributed by atoms with E-state index in [1.54, 1.807) is 20.8 Å². The van der Waals surface area contributed by atoms with Gasteiger partial charge in [-0.15, -0.1) is 5.10 Å². The minimum Gasteiger partial charge on any atom is -0.444 e. The van der Waals surface area contributed by atoms with Crippen molar-refractivity contribution in [3.8, 4) is 0 Å². The summed E-state index contributed by atoms with van der Waals surface area (Å²) in [6.07, 6.45) is 0.815. The summed E-state index contributed by atoms with van der Waals surface area (Å²) in [6.45, 7) is 6.41. The molecule has 0 bridgehead atoms. The first-order chi connectivity index (χ1) is 9.53. The number of nitrogens with zero attached hydrogens (tertiary/aromatic N) is 3. The summed E-state index contributed by atoms with van der Waals surface area (Å²) in [5.41, 5.74) is -2.34. The van der Waals surface area contributed by atoms with Crippen LogP contribution in [0.5, 0.6) is 0 Å². The predicted molar refractivity (Wildman–Crippen MR) is 72.7 cm³/mol. The molecule has 1 amide bonds. The maximum atomic E-state index is 12.1. The van der Waals surface area contributed by atoms with Crippen LogP contribution in [-0.4, -0.2) is 45.0 Å². The molecule has 1 aromatic rings. The van der Waals surface area contributed by atoms with Gasteiger partial charge < -0.3 is 19.6 Å². The molecule has 0 fully saturated rings. The number of aromatic nitrogens is 2. The number of aromatic amines is 1. The predicted octanol–water partition coefficient (Wildman–Crippen LogP) is 1.60. The highest BCUT2D eigenvalue weighted by atomic mass is 16.6. The van der Waals surface area contributed by atoms with Crippen molar-refractivity contribution in [2.24, 2.45) is 0 Å². The summed E-state index contributed by atoms with van der Waals surface area (Å²) in [7, 11) is 1.33. The fraction of sp³-hybridized carbons (Fsp3) is 0.583. The summed E-state index contributed by atoms with van der Waals surface area (Å²) in [5, 5.41) is 16.7. The monoisotopic (exact) mass is 298 g/mol. The number of rotatable bonds is 4. The van der Waals surface area contributed by atoms with Gasteiger partial charge in [-0.1, -0.05) is 5.10 Å². The molecule has 1 rings (SSSR count). The van der Waals surface area contributed by atoms with Crippen LogP contribution in [0.2, 0.25) is 0 Å². The molecule has 9 heteroatoms. The SMILES string of the molecule is CN(C(=O)OC(C)(C)C)C(C)(C=O)c1cn[nH]c1[N+](=O)[O-]. The van der Waals surface area contributed by atoms with E-state index in [9.17, 15) is 19.7 Å². The molecule has 0 aliphatic carbocycles.